The lowest BCUT2D eigenvalue weighted by Crippen LogP contribution is -2.36. The predicted octanol–water partition coefficient (Wildman–Crippen LogP) is 1.74. The summed E-state index contributed by atoms with van der Waals surface area (Å²) >= 11 is 1.62. The van der Waals surface area contributed by atoms with Crippen molar-refractivity contribution < 1.29 is 9.53 Å². The molecule has 0 unspecified atom stereocenters. The Morgan fingerprint density at radius 3 is 2.81 bits per heavy atom. The lowest BCUT2D eigenvalue weighted by atomic mass is 9.94. The molecule has 1 N–H and O–H groups in total. The average molecular weight is 242 g/mol. The molecule has 0 aliphatic heterocycles. The first-order valence-electron chi connectivity index (χ1n) is 5.15. The number of nitrogens with one attached hydrogen (secondary N) is 1. The van der Waals surface area contributed by atoms with Crippen LogP contribution in [0.2, 0.25) is 0 Å². The molecule has 0 saturated carbocycles. The number of hydrogen-bond donors (Lipinski definition) is 1. The first kappa shape index (κ1) is 13.1. The second-order valence-electron chi connectivity index (χ2n) is 4.34. The second-order valence-corrected chi connectivity index (χ2v) is 5.28. The number of ether oxygens (including phenoxy) is 1. The second kappa shape index (κ2) is 5.41. The number of nitrogens with zero attached hydrogens (tertiary/aromatic N) is 1. The smallest absolute Gasteiger partial charge is 0.312 e. The first-order valence-corrected chi connectivity index (χ1v) is 6.03. The number of hydrogen-bond acceptors (Lipinski definition) is 5. The number of rotatable bonds is 5. The molecule has 90 valence electrons. The van der Waals surface area contributed by atoms with Crippen molar-refractivity contribution in [3.05, 3.63) is 16.1 Å². The summed E-state index contributed by atoms with van der Waals surface area (Å²) in [7, 11) is 1.41. The zero-order valence-electron chi connectivity index (χ0n) is 10.2. The summed E-state index contributed by atoms with van der Waals surface area (Å²) in [5, 5.41) is 3.25. The van der Waals surface area contributed by atoms with Crippen molar-refractivity contribution in [1.29, 1.82) is 0 Å². The zero-order chi connectivity index (χ0) is 12.2. The molecular weight excluding hydrogens is 224 g/mol. The Bertz CT molecular complexity index is 361. The van der Waals surface area contributed by atoms with E-state index in [2.05, 4.69) is 10.3 Å². The first-order chi connectivity index (χ1) is 7.47. The van der Waals surface area contributed by atoms with Crippen LogP contribution in [0.4, 0.5) is 0 Å². The van der Waals surface area contributed by atoms with E-state index in [-0.39, 0.29) is 5.97 Å². The van der Waals surface area contributed by atoms with E-state index in [9.17, 15) is 4.79 Å². The molecule has 0 aliphatic carbocycles. The van der Waals surface area contributed by atoms with E-state index in [1.165, 1.54) is 12.0 Å². The normalized spacial score (nSPS) is 11.5. The maximum Gasteiger partial charge on any atom is 0.312 e. The molecule has 1 heterocycles. The number of aryl methyl sites for hydroxylation is 1. The lowest BCUT2D eigenvalue weighted by molar-refractivity contribution is -0.150. The van der Waals surface area contributed by atoms with Gasteiger partial charge in [-0.1, -0.05) is 0 Å². The number of carbonyl (C=O) groups excluding carboxylic acids is 1. The summed E-state index contributed by atoms with van der Waals surface area (Å²) < 4.78 is 4.74. The number of carbonyl (C=O) groups is 1. The fraction of sp³-hybridized carbons (Fsp3) is 0.636. The fourth-order valence-electron chi connectivity index (χ4n) is 1.33. The van der Waals surface area contributed by atoms with Gasteiger partial charge < -0.3 is 10.1 Å². The van der Waals surface area contributed by atoms with E-state index in [0.29, 0.717) is 6.54 Å². The van der Waals surface area contributed by atoms with Crippen LogP contribution in [0.15, 0.2) is 5.51 Å². The van der Waals surface area contributed by atoms with Gasteiger partial charge in [0.15, 0.2) is 0 Å². The molecule has 0 saturated heterocycles. The Kier molecular flexibility index (Phi) is 4.44. The van der Waals surface area contributed by atoms with Crippen molar-refractivity contribution >= 4 is 17.3 Å². The molecule has 4 nitrogen and oxygen atoms in total. The highest BCUT2D eigenvalue weighted by Crippen LogP contribution is 2.17. The van der Waals surface area contributed by atoms with Crippen LogP contribution in [0.5, 0.6) is 0 Å². The highest BCUT2D eigenvalue weighted by atomic mass is 32.1. The van der Waals surface area contributed by atoms with Gasteiger partial charge in [-0.15, -0.1) is 11.3 Å². The van der Waals surface area contributed by atoms with Crippen molar-refractivity contribution in [2.75, 3.05) is 13.7 Å². The molecule has 0 fully saturated rings. The summed E-state index contributed by atoms with van der Waals surface area (Å²) in [6, 6.07) is 0. The third-order valence-corrected chi connectivity index (χ3v) is 3.37. The molecule has 0 bridgehead atoms. The third kappa shape index (κ3) is 3.28. The summed E-state index contributed by atoms with van der Waals surface area (Å²) in [4.78, 5) is 16.8. The Morgan fingerprint density at radius 2 is 2.31 bits per heavy atom. The number of esters is 1. The molecule has 0 aliphatic rings. The van der Waals surface area contributed by atoms with Gasteiger partial charge in [-0.2, -0.15) is 0 Å². The SMILES string of the molecule is COC(=O)C(C)(C)CNCc1scnc1C. The van der Waals surface area contributed by atoms with Crippen LogP contribution in [-0.4, -0.2) is 24.6 Å². The van der Waals surface area contributed by atoms with E-state index >= 15 is 0 Å². The van der Waals surface area contributed by atoms with Crippen LogP contribution in [-0.2, 0) is 16.1 Å². The quantitative estimate of drug-likeness (QED) is 0.799. The van der Waals surface area contributed by atoms with Gasteiger partial charge in [0.25, 0.3) is 0 Å². The predicted molar refractivity (Wildman–Crippen MR) is 64.4 cm³/mol. The molecule has 0 radical (unpaired) electrons. The molecular formula is C11H18N2O2S. The molecule has 0 spiro atoms. The summed E-state index contributed by atoms with van der Waals surface area (Å²) in [5.74, 6) is -0.193. The van der Waals surface area contributed by atoms with Crippen LogP contribution in [0.1, 0.15) is 24.4 Å². The van der Waals surface area contributed by atoms with Crippen LogP contribution in [0, 0.1) is 12.3 Å². The van der Waals surface area contributed by atoms with Crippen LogP contribution in [0.3, 0.4) is 0 Å². The Hall–Kier alpha value is -0.940. The molecule has 1 rings (SSSR count). The minimum atomic E-state index is -0.493. The van der Waals surface area contributed by atoms with Gasteiger partial charge in [0, 0.05) is 18.0 Å². The maximum atomic E-state index is 11.4. The standard InChI is InChI=1S/C11H18N2O2S/c1-8-9(16-7-13-8)5-12-6-11(2,3)10(14)15-4/h7,12H,5-6H2,1-4H3. The molecule has 1 aromatic heterocycles. The van der Waals surface area contributed by atoms with Crippen molar-refractivity contribution in [3.63, 3.8) is 0 Å². The van der Waals surface area contributed by atoms with E-state index in [4.69, 9.17) is 4.74 Å². The summed E-state index contributed by atoms with van der Waals surface area (Å²) in [6.45, 7) is 7.06. The van der Waals surface area contributed by atoms with Gasteiger partial charge in [0.1, 0.15) is 0 Å². The Labute approximate surface area is 100 Å². The van der Waals surface area contributed by atoms with Crippen LogP contribution >= 0.6 is 11.3 Å². The minimum Gasteiger partial charge on any atom is -0.469 e. The van der Waals surface area contributed by atoms with Crippen LogP contribution < -0.4 is 5.32 Å². The van der Waals surface area contributed by atoms with E-state index in [1.807, 2.05) is 26.3 Å². The summed E-state index contributed by atoms with van der Waals surface area (Å²) in [5.41, 5.74) is 2.39. The highest BCUT2D eigenvalue weighted by molar-refractivity contribution is 7.09. The summed E-state index contributed by atoms with van der Waals surface area (Å²) in [6.07, 6.45) is 0. The average Bonchev–Trinajstić information content (AvgIpc) is 2.63. The Morgan fingerprint density at radius 1 is 1.62 bits per heavy atom. The highest BCUT2D eigenvalue weighted by Gasteiger charge is 2.28. The monoisotopic (exact) mass is 242 g/mol. The fourth-order valence-corrected chi connectivity index (χ4v) is 2.08. The molecule has 1 aromatic rings. The molecule has 5 heteroatoms. The van der Waals surface area contributed by atoms with Crippen LogP contribution in [0.25, 0.3) is 0 Å². The number of aromatic nitrogens is 1. The molecule has 0 aromatic carbocycles. The van der Waals surface area contributed by atoms with E-state index in [1.54, 1.807) is 11.3 Å². The van der Waals surface area contributed by atoms with Gasteiger partial charge in [-0.05, 0) is 20.8 Å². The maximum absolute atomic E-state index is 11.4. The van der Waals surface area contributed by atoms with E-state index in [0.717, 1.165) is 12.2 Å². The number of thiazole rings is 1. The van der Waals surface area contributed by atoms with Crippen molar-refractivity contribution in [1.82, 2.24) is 10.3 Å². The lowest BCUT2D eigenvalue weighted by Gasteiger charge is -2.21. The molecule has 16 heavy (non-hydrogen) atoms. The number of methoxy groups -OCH3 is 1. The molecule has 0 atom stereocenters. The van der Waals surface area contributed by atoms with Gasteiger partial charge in [-0.25, -0.2) is 4.98 Å². The van der Waals surface area contributed by atoms with Crippen molar-refractivity contribution in [2.45, 2.75) is 27.3 Å². The third-order valence-electron chi connectivity index (χ3n) is 2.44. The van der Waals surface area contributed by atoms with E-state index < -0.39 is 5.41 Å². The topological polar surface area (TPSA) is 51.2 Å². The van der Waals surface area contributed by atoms with Crippen molar-refractivity contribution in [2.24, 2.45) is 5.41 Å². The van der Waals surface area contributed by atoms with Gasteiger partial charge in [0.05, 0.1) is 23.7 Å². The van der Waals surface area contributed by atoms with Crippen molar-refractivity contribution in [3.8, 4) is 0 Å². The van der Waals surface area contributed by atoms with Gasteiger partial charge in [0.2, 0.25) is 0 Å². The van der Waals surface area contributed by atoms with Gasteiger partial charge >= 0.3 is 5.97 Å². The minimum absolute atomic E-state index is 0.193. The molecule has 0 amide bonds. The van der Waals surface area contributed by atoms with Gasteiger partial charge in [-0.3, -0.25) is 4.79 Å². The Balaban J connectivity index is 2.41. The zero-order valence-corrected chi connectivity index (χ0v) is 11.0. The largest absolute Gasteiger partial charge is 0.469 e.